The van der Waals surface area contributed by atoms with E-state index in [0.717, 1.165) is 17.0 Å². The summed E-state index contributed by atoms with van der Waals surface area (Å²) in [6.07, 6.45) is 1.88. The summed E-state index contributed by atoms with van der Waals surface area (Å²) in [4.78, 5) is 32.1. The molecular formula is C26H29N3O5S. The van der Waals surface area contributed by atoms with Crippen molar-refractivity contribution in [3.05, 3.63) is 77.7 Å². The van der Waals surface area contributed by atoms with E-state index in [0.29, 0.717) is 37.7 Å². The summed E-state index contributed by atoms with van der Waals surface area (Å²) in [6.45, 7) is 7.75. The maximum absolute atomic E-state index is 13.8. The average molecular weight is 496 g/mol. The zero-order valence-corrected chi connectivity index (χ0v) is 21.8. The van der Waals surface area contributed by atoms with E-state index < -0.39 is 12.0 Å². The van der Waals surface area contributed by atoms with Gasteiger partial charge in [0.05, 0.1) is 36.6 Å². The summed E-state index contributed by atoms with van der Waals surface area (Å²) >= 11 is 1.29. The smallest absolute Gasteiger partial charge is 0.338 e. The number of hydrogen-bond donors (Lipinski definition) is 0. The molecule has 9 heteroatoms. The van der Waals surface area contributed by atoms with Crippen molar-refractivity contribution in [3.63, 3.8) is 0 Å². The number of aryl methyl sites for hydroxylation is 1. The molecule has 0 bridgehead atoms. The molecule has 0 radical (unpaired) electrons. The number of thiazole rings is 1. The molecule has 1 aliphatic rings. The largest absolute Gasteiger partial charge is 0.497 e. The van der Waals surface area contributed by atoms with Crippen LogP contribution < -0.4 is 24.4 Å². The fourth-order valence-electron chi connectivity index (χ4n) is 4.31. The monoisotopic (exact) mass is 495 g/mol. The van der Waals surface area contributed by atoms with Crippen molar-refractivity contribution in [2.75, 3.05) is 20.8 Å². The van der Waals surface area contributed by atoms with Gasteiger partial charge < -0.3 is 18.8 Å². The summed E-state index contributed by atoms with van der Waals surface area (Å²) in [7, 11) is 5.11. The fraction of sp³-hybridized carbons (Fsp3) is 0.346. The summed E-state index contributed by atoms with van der Waals surface area (Å²) in [5.41, 5.74) is 4.29. The van der Waals surface area contributed by atoms with Crippen LogP contribution in [-0.4, -0.2) is 35.9 Å². The van der Waals surface area contributed by atoms with E-state index in [1.807, 2.05) is 33.0 Å². The third-order valence-electron chi connectivity index (χ3n) is 6.35. The van der Waals surface area contributed by atoms with Gasteiger partial charge in [-0.3, -0.25) is 9.36 Å². The Bertz CT molecular complexity index is 1520. The third-order valence-corrected chi connectivity index (χ3v) is 7.33. The Kier molecular flexibility index (Phi) is 6.71. The highest BCUT2D eigenvalue weighted by molar-refractivity contribution is 7.07. The number of nitrogens with zero attached hydrogens (tertiary/aromatic N) is 3. The number of hydrogen-bond acceptors (Lipinski definition) is 7. The van der Waals surface area contributed by atoms with Crippen LogP contribution in [0.1, 0.15) is 42.4 Å². The first-order valence-electron chi connectivity index (χ1n) is 11.3. The standard InChI is InChI=1S/C26H29N3O5S/c1-8-34-25(31)22-15(3)27-26-29(23(22)19-13-18(32-6)9-10-20(19)33-7)24(30)21(35-26)12-17-11-14(2)28(5)16(17)4/h9-13,23H,8H2,1-7H3/t23-/m0/s1. The van der Waals surface area contributed by atoms with Gasteiger partial charge in [-0.25, -0.2) is 9.79 Å². The first-order valence-corrected chi connectivity index (χ1v) is 12.1. The molecule has 0 fully saturated rings. The molecule has 0 amide bonds. The van der Waals surface area contributed by atoms with Crippen LogP contribution in [0.2, 0.25) is 0 Å². The summed E-state index contributed by atoms with van der Waals surface area (Å²) in [5.74, 6) is 0.583. The van der Waals surface area contributed by atoms with Crippen molar-refractivity contribution in [3.8, 4) is 11.5 Å². The van der Waals surface area contributed by atoms with Crippen LogP contribution in [0.5, 0.6) is 11.5 Å². The van der Waals surface area contributed by atoms with Gasteiger partial charge in [0, 0.05) is 24.0 Å². The lowest BCUT2D eigenvalue weighted by Gasteiger charge is -2.26. The van der Waals surface area contributed by atoms with E-state index in [4.69, 9.17) is 14.2 Å². The second kappa shape index (κ2) is 9.58. The maximum atomic E-state index is 13.8. The molecule has 0 saturated carbocycles. The van der Waals surface area contributed by atoms with Crippen molar-refractivity contribution in [1.29, 1.82) is 0 Å². The van der Waals surface area contributed by atoms with Crippen molar-refractivity contribution < 1.29 is 19.0 Å². The number of carbonyl (C=O) groups excluding carboxylic acids is 1. The highest BCUT2D eigenvalue weighted by atomic mass is 32.1. The number of methoxy groups -OCH3 is 2. The van der Waals surface area contributed by atoms with Crippen LogP contribution in [0.25, 0.3) is 6.08 Å². The van der Waals surface area contributed by atoms with E-state index in [1.54, 1.807) is 50.8 Å². The Morgan fingerprint density at radius 1 is 1.17 bits per heavy atom. The molecule has 0 unspecified atom stereocenters. The summed E-state index contributed by atoms with van der Waals surface area (Å²) < 4.78 is 20.6. The molecule has 0 saturated heterocycles. The van der Waals surface area contributed by atoms with E-state index >= 15 is 0 Å². The van der Waals surface area contributed by atoms with Gasteiger partial charge in [-0.2, -0.15) is 0 Å². The van der Waals surface area contributed by atoms with Crippen LogP contribution in [0.15, 0.2) is 45.3 Å². The zero-order valence-electron chi connectivity index (χ0n) is 21.0. The number of ether oxygens (including phenoxy) is 3. The van der Waals surface area contributed by atoms with Crippen LogP contribution >= 0.6 is 11.3 Å². The van der Waals surface area contributed by atoms with Crippen molar-refractivity contribution >= 4 is 23.4 Å². The molecule has 1 aliphatic heterocycles. The number of rotatable bonds is 6. The molecule has 2 aromatic heterocycles. The molecule has 184 valence electrons. The van der Waals surface area contributed by atoms with E-state index in [1.165, 1.54) is 11.3 Å². The highest BCUT2D eigenvalue weighted by Gasteiger charge is 2.35. The van der Waals surface area contributed by atoms with E-state index in [-0.39, 0.29) is 12.2 Å². The third kappa shape index (κ3) is 4.20. The van der Waals surface area contributed by atoms with Crippen LogP contribution in [0.3, 0.4) is 0 Å². The number of allylic oxidation sites excluding steroid dienone is 1. The Hall–Kier alpha value is -3.59. The molecule has 4 rings (SSSR count). The first kappa shape index (κ1) is 24.5. The molecule has 0 aliphatic carbocycles. The molecule has 8 nitrogen and oxygen atoms in total. The van der Waals surface area contributed by atoms with Gasteiger partial charge in [0.1, 0.15) is 17.5 Å². The SMILES string of the molecule is CCOC(=O)C1=C(C)N=c2sc(=Cc3cc(C)n(C)c3C)c(=O)n2[C@H]1c1cc(OC)ccc1OC. The molecule has 35 heavy (non-hydrogen) atoms. The van der Waals surface area contributed by atoms with E-state index in [2.05, 4.69) is 9.56 Å². The number of esters is 1. The predicted octanol–water partition coefficient (Wildman–Crippen LogP) is 2.77. The molecule has 3 aromatic rings. The van der Waals surface area contributed by atoms with Crippen LogP contribution in [-0.2, 0) is 16.6 Å². The van der Waals surface area contributed by atoms with Gasteiger partial charge in [0.2, 0.25) is 0 Å². The molecule has 1 atom stereocenters. The summed E-state index contributed by atoms with van der Waals surface area (Å²) in [5, 5.41) is 0. The lowest BCUT2D eigenvalue weighted by atomic mass is 9.94. The molecule has 3 heterocycles. The maximum Gasteiger partial charge on any atom is 0.338 e. The first-order chi connectivity index (χ1) is 16.7. The van der Waals surface area contributed by atoms with Gasteiger partial charge in [-0.15, -0.1) is 0 Å². The molecule has 1 aromatic carbocycles. The molecule has 0 spiro atoms. The molecule has 0 N–H and O–H groups in total. The predicted molar refractivity (Wildman–Crippen MR) is 135 cm³/mol. The minimum absolute atomic E-state index is 0.203. The van der Waals surface area contributed by atoms with Crippen molar-refractivity contribution in [1.82, 2.24) is 9.13 Å². The minimum atomic E-state index is -0.781. The highest BCUT2D eigenvalue weighted by Crippen LogP contribution is 2.37. The lowest BCUT2D eigenvalue weighted by molar-refractivity contribution is -0.139. The normalized spacial score (nSPS) is 15.6. The van der Waals surface area contributed by atoms with Crippen LogP contribution in [0, 0.1) is 13.8 Å². The second-order valence-electron chi connectivity index (χ2n) is 8.30. The van der Waals surface area contributed by atoms with Crippen LogP contribution in [0.4, 0.5) is 0 Å². The zero-order chi connectivity index (χ0) is 25.4. The number of fused-ring (bicyclic) bond motifs is 1. The van der Waals surface area contributed by atoms with Crippen molar-refractivity contribution in [2.45, 2.75) is 33.7 Å². The number of benzene rings is 1. The molecular weight excluding hydrogens is 466 g/mol. The van der Waals surface area contributed by atoms with Gasteiger partial charge >= 0.3 is 5.97 Å². The number of aromatic nitrogens is 2. The van der Waals surface area contributed by atoms with E-state index in [9.17, 15) is 9.59 Å². The summed E-state index contributed by atoms with van der Waals surface area (Å²) in [6, 6.07) is 6.58. The van der Waals surface area contributed by atoms with Gasteiger partial charge in [0.15, 0.2) is 4.80 Å². The fourth-order valence-corrected chi connectivity index (χ4v) is 5.35. The van der Waals surface area contributed by atoms with Gasteiger partial charge in [-0.05, 0) is 63.6 Å². The Morgan fingerprint density at radius 2 is 1.91 bits per heavy atom. The topological polar surface area (TPSA) is 84.1 Å². The van der Waals surface area contributed by atoms with Gasteiger partial charge in [0.25, 0.3) is 5.56 Å². The lowest BCUT2D eigenvalue weighted by Crippen LogP contribution is -2.40. The second-order valence-corrected chi connectivity index (χ2v) is 9.30. The Morgan fingerprint density at radius 3 is 2.51 bits per heavy atom. The minimum Gasteiger partial charge on any atom is -0.497 e. The number of carbonyl (C=O) groups is 1. The van der Waals surface area contributed by atoms with Gasteiger partial charge in [-0.1, -0.05) is 11.3 Å². The quantitative estimate of drug-likeness (QED) is 0.491. The average Bonchev–Trinajstić information content (AvgIpc) is 3.27. The van der Waals surface area contributed by atoms with Crippen molar-refractivity contribution in [2.24, 2.45) is 12.0 Å². The Balaban J connectivity index is 2.03. The Labute approximate surface area is 207 Å².